The predicted molar refractivity (Wildman–Crippen MR) is 92.8 cm³/mol. The van der Waals surface area contributed by atoms with Gasteiger partial charge < -0.3 is 14.7 Å². The van der Waals surface area contributed by atoms with Crippen LogP contribution < -0.4 is 4.90 Å². The van der Waals surface area contributed by atoms with Gasteiger partial charge >= 0.3 is 0 Å². The second-order valence-electron chi connectivity index (χ2n) is 6.93. The zero-order valence-electron chi connectivity index (χ0n) is 14.2. The van der Waals surface area contributed by atoms with E-state index < -0.39 is 0 Å². The Morgan fingerprint density at radius 3 is 2.68 bits per heavy atom. The normalized spacial score (nSPS) is 22.2. The molecular formula is C18H19N5O2. The van der Waals surface area contributed by atoms with Crippen molar-refractivity contribution >= 4 is 11.7 Å². The minimum atomic E-state index is 0.239. The van der Waals surface area contributed by atoms with E-state index in [0.717, 1.165) is 36.3 Å². The summed E-state index contributed by atoms with van der Waals surface area (Å²) in [5, 5.41) is 14.9. The first kappa shape index (κ1) is 14.7. The van der Waals surface area contributed by atoms with Gasteiger partial charge in [0.15, 0.2) is 0 Å². The number of phenolic OH excluding ortho intramolecular Hbond substituents is 1. The van der Waals surface area contributed by atoms with Crippen LogP contribution in [0.2, 0.25) is 0 Å². The molecule has 7 nitrogen and oxygen atoms in total. The molecule has 4 heterocycles. The van der Waals surface area contributed by atoms with E-state index in [2.05, 4.69) is 20.0 Å². The van der Waals surface area contributed by atoms with Crippen LogP contribution in [-0.4, -0.2) is 50.0 Å². The molecular weight excluding hydrogens is 318 g/mol. The third kappa shape index (κ3) is 2.19. The molecule has 2 aliphatic heterocycles. The molecule has 2 aliphatic rings. The molecule has 2 aromatic heterocycles. The molecule has 0 aliphatic carbocycles. The maximum atomic E-state index is 10.3. The van der Waals surface area contributed by atoms with Gasteiger partial charge in [-0.1, -0.05) is 6.07 Å². The Bertz CT molecular complexity index is 946. The standard InChI is InChI=1S/C18H19N5O2/c1-10-5-11(2)16(15(24)6-10)14-3-4-22-17(19-14)20-18(21-22)23-12-7-13(23)9-25-8-12/h3-6,12-13,24H,7-9H2,1-2H3. The number of benzene rings is 1. The number of rotatable bonds is 2. The molecule has 7 heteroatoms. The lowest BCUT2D eigenvalue weighted by molar-refractivity contribution is 0.00910. The van der Waals surface area contributed by atoms with Crippen molar-refractivity contribution in [1.82, 2.24) is 19.6 Å². The van der Waals surface area contributed by atoms with Crippen LogP contribution in [0, 0.1) is 13.8 Å². The first-order valence-electron chi connectivity index (χ1n) is 8.50. The number of aromatic hydroxyl groups is 1. The molecule has 1 N–H and O–H groups in total. The van der Waals surface area contributed by atoms with Crippen LogP contribution in [0.3, 0.4) is 0 Å². The maximum absolute atomic E-state index is 10.3. The smallest absolute Gasteiger partial charge is 0.254 e. The van der Waals surface area contributed by atoms with Crippen LogP contribution in [0.25, 0.3) is 17.0 Å². The first-order valence-corrected chi connectivity index (χ1v) is 8.50. The van der Waals surface area contributed by atoms with Gasteiger partial charge in [-0.25, -0.2) is 9.50 Å². The number of morpholine rings is 1. The van der Waals surface area contributed by atoms with E-state index in [4.69, 9.17) is 4.74 Å². The number of aromatic nitrogens is 4. The van der Waals surface area contributed by atoms with Crippen LogP contribution in [-0.2, 0) is 4.74 Å². The fourth-order valence-corrected chi connectivity index (χ4v) is 3.96. The molecule has 128 valence electrons. The van der Waals surface area contributed by atoms with Crippen LogP contribution in [0.4, 0.5) is 5.95 Å². The Balaban J connectivity index is 1.57. The number of nitrogens with zero attached hydrogens (tertiary/aromatic N) is 5. The fourth-order valence-electron chi connectivity index (χ4n) is 3.96. The Labute approximate surface area is 144 Å². The molecule has 0 saturated carbocycles. The summed E-state index contributed by atoms with van der Waals surface area (Å²) in [7, 11) is 0. The Kier molecular flexibility index (Phi) is 3.03. The van der Waals surface area contributed by atoms with Crippen molar-refractivity contribution in [2.45, 2.75) is 32.4 Å². The number of ether oxygens (including phenoxy) is 1. The summed E-state index contributed by atoms with van der Waals surface area (Å²) < 4.78 is 7.21. The minimum absolute atomic E-state index is 0.239. The summed E-state index contributed by atoms with van der Waals surface area (Å²) in [6, 6.07) is 6.41. The SMILES string of the molecule is Cc1cc(C)c(-c2ccn3nc(N4C5COCC4C5)nc3n2)c(O)c1. The van der Waals surface area contributed by atoms with Gasteiger partial charge in [-0.2, -0.15) is 4.98 Å². The van der Waals surface area contributed by atoms with Crippen LogP contribution in [0.5, 0.6) is 5.75 Å². The highest BCUT2D eigenvalue weighted by atomic mass is 16.5. The van der Waals surface area contributed by atoms with Crippen molar-refractivity contribution in [3.05, 3.63) is 35.5 Å². The molecule has 2 fully saturated rings. The number of anilines is 1. The van der Waals surface area contributed by atoms with Crippen molar-refractivity contribution in [2.75, 3.05) is 18.1 Å². The predicted octanol–water partition coefficient (Wildman–Crippen LogP) is 2.09. The summed E-state index contributed by atoms with van der Waals surface area (Å²) in [5.41, 5.74) is 3.46. The first-order chi connectivity index (χ1) is 12.1. The maximum Gasteiger partial charge on any atom is 0.254 e. The summed E-state index contributed by atoms with van der Waals surface area (Å²) in [6.45, 7) is 5.42. The average Bonchev–Trinajstić information content (AvgIpc) is 2.96. The molecule has 0 spiro atoms. The van der Waals surface area contributed by atoms with E-state index in [1.54, 1.807) is 10.6 Å². The summed E-state index contributed by atoms with van der Waals surface area (Å²) in [4.78, 5) is 11.5. The molecule has 2 bridgehead atoms. The minimum Gasteiger partial charge on any atom is -0.507 e. The number of aryl methyl sites for hydroxylation is 2. The van der Waals surface area contributed by atoms with Crippen molar-refractivity contribution < 1.29 is 9.84 Å². The van der Waals surface area contributed by atoms with Gasteiger partial charge in [-0.15, -0.1) is 5.10 Å². The second-order valence-corrected chi connectivity index (χ2v) is 6.93. The summed E-state index contributed by atoms with van der Waals surface area (Å²) >= 11 is 0. The Hall–Kier alpha value is -2.67. The van der Waals surface area contributed by atoms with Gasteiger partial charge in [-0.05, 0) is 43.5 Å². The van der Waals surface area contributed by atoms with Crippen molar-refractivity contribution in [1.29, 1.82) is 0 Å². The zero-order valence-corrected chi connectivity index (χ0v) is 14.2. The third-order valence-electron chi connectivity index (χ3n) is 5.09. The lowest BCUT2D eigenvalue weighted by atomic mass is 9.92. The lowest BCUT2D eigenvalue weighted by Crippen LogP contribution is -2.64. The van der Waals surface area contributed by atoms with E-state index in [1.165, 1.54) is 0 Å². The molecule has 2 atom stereocenters. The van der Waals surface area contributed by atoms with E-state index in [0.29, 0.717) is 29.5 Å². The molecule has 0 radical (unpaired) electrons. The highest BCUT2D eigenvalue weighted by Crippen LogP contribution is 2.35. The van der Waals surface area contributed by atoms with E-state index in [-0.39, 0.29) is 5.75 Å². The molecule has 2 saturated heterocycles. The zero-order chi connectivity index (χ0) is 17.1. The number of hydrogen-bond donors (Lipinski definition) is 1. The summed E-state index contributed by atoms with van der Waals surface area (Å²) in [6.07, 6.45) is 2.99. The molecule has 5 rings (SSSR count). The molecule has 3 aromatic rings. The molecule has 0 amide bonds. The van der Waals surface area contributed by atoms with E-state index in [1.807, 2.05) is 32.2 Å². The number of phenols is 1. The van der Waals surface area contributed by atoms with Gasteiger partial charge in [0.25, 0.3) is 5.78 Å². The monoisotopic (exact) mass is 337 g/mol. The van der Waals surface area contributed by atoms with Crippen LogP contribution in [0.15, 0.2) is 24.4 Å². The van der Waals surface area contributed by atoms with Crippen molar-refractivity contribution in [2.24, 2.45) is 0 Å². The van der Waals surface area contributed by atoms with Gasteiger partial charge in [0.1, 0.15) is 5.75 Å². The van der Waals surface area contributed by atoms with Gasteiger partial charge in [-0.3, -0.25) is 0 Å². The average molecular weight is 337 g/mol. The highest BCUT2D eigenvalue weighted by molar-refractivity contribution is 5.72. The Morgan fingerprint density at radius 2 is 1.96 bits per heavy atom. The van der Waals surface area contributed by atoms with Crippen LogP contribution >= 0.6 is 0 Å². The van der Waals surface area contributed by atoms with Gasteiger partial charge in [0, 0.05) is 11.8 Å². The van der Waals surface area contributed by atoms with Gasteiger partial charge in [0.05, 0.1) is 31.0 Å². The number of fused-ring (bicyclic) bond motifs is 3. The van der Waals surface area contributed by atoms with Gasteiger partial charge in [0.2, 0.25) is 5.95 Å². The molecule has 25 heavy (non-hydrogen) atoms. The molecule has 2 unspecified atom stereocenters. The fraction of sp³-hybridized carbons (Fsp3) is 0.389. The quantitative estimate of drug-likeness (QED) is 0.772. The highest BCUT2D eigenvalue weighted by Gasteiger charge is 2.44. The topological polar surface area (TPSA) is 75.8 Å². The Morgan fingerprint density at radius 1 is 1.16 bits per heavy atom. The van der Waals surface area contributed by atoms with E-state index >= 15 is 0 Å². The van der Waals surface area contributed by atoms with Crippen LogP contribution in [0.1, 0.15) is 17.5 Å². The van der Waals surface area contributed by atoms with Crippen molar-refractivity contribution in [3.8, 4) is 17.0 Å². The lowest BCUT2D eigenvalue weighted by Gasteiger charge is -2.51. The van der Waals surface area contributed by atoms with Crippen molar-refractivity contribution in [3.63, 3.8) is 0 Å². The second kappa shape index (κ2) is 5.16. The third-order valence-corrected chi connectivity index (χ3v) is 5.09. The largest absolute Gasteiger partial charge is 0.507 e. The number of hydrogen-bond acceptors (Lipinski definition) is 6. The summed E-state index contributed by atoms with van der Waals surface area (Å²) in [5.74, 6) is 1.49. The van der Waals surface area contributed by atoms with E-state index in [9.17, 15) is 5.11 Å². The molecule has 1 aromatic carbocycles.